The summed E-state index contributed by atoms with van der Waals surface area (Å²) in [5, 5.41) is 0. The second-order valence-corrected chi connectivity index (χ2v) is 4.47. The Morgan fingerprint density at radius 1 is 0.750 bits per heavy atom. The van der Waals surface area contributed by atoms with E-state index in [0.717, 1.165) is 28.7 Å². The molecule has 20 heavy (non-hydrogen) atoms. The van der Waals surface area contributed by atoms with Gasteiger partial charge in [-0.2, -0.15) is 0 Å². The van der Waals surface area contributed by atoms with Gasteiger partial charge >= 0.3 is 0 Å². The molecule has 0 saturated heterocycles. The van der Waals surface area contributed by atoms with Crippen LogP contribution in [0.1, 0.15) is 10.4 Å². The minimum Gasteiger partial charge on any atom is -0.298 e. The SMILES string of the molecule is O=Cc1ccnc(-c2ccccc2)c1-c1ccccc1. The van der Waals surface area contributed by atoms with Crippen molar-refractivity contribution >= 4 is 6.29 Å². The summed E-state index contributed by atoms with van der Waals surface area (Å²) in [6, 6.07) is 21.6. The fourth-order valence-electron chi connectivity index (χ4n) is 2.30. The average molecular weight is 259 g/mol. The van der Waals surface area contributed by atoms with E-state index in [0.29, 0.717) is 5.56 Å². The fraction of sp³-hybridized carbons (Fsp3) is 0. The van der Waals surface area contributed by atoms with E-state index in [2.05, 4.69) is 4.98 Å². The van der Waals surface area contributed by atoms with Gasteiger partial charge in [0.15, 0.2) is 6.29 Å². The van der Waals surface area contributed by atoms with Gasteiger partial charge in [0.05, 0.1) is 5.69 Å². The molecule has 96 valence electrons. The molecule has 0 saturated carbocycles. The van der Waals surface area contributed by atoms with E-state index in [-0.39, 0.29) is 0 Å². The van der Waals surface area contributed by atoms with Crippen LogP contribution < -0.4 is 0 Å². The zero-order chi connectivity index (χ0) is 13.8. The van der Waals surface area contributed by atoms with Crippen LogP contribution >= 0.6 is 0 Å². The van der Waals surface area contributed by atoms with Crippen LogP contribution in [0.2, 0.25) is 0 Å². The summed E-state index contributed by atoms with van der Waals surface area (Å²) in [6.07, 6.45) is 2.56. The third-order valence-electron chi connectivity index (χ3n) is 3.22. The van der Waals surface area contributed by atoms with Crippen LogP contribution in [0.5, 0.6) is 0 Å². The number of aromatic nitrogens is 1. The van der Waals surface area contributed by atoms with Gasteiger partial charge in [0.25, 0.3) is 0 Å². The molecule has 0 amide bonds. The number of nitrogens with zero attached hydrogens (tertiary/aromatic N) is 1. The van der Waals surface area contributed by atoms with E-state index in [1.807, 2.05) is 60.7 Å². The second kappa shape index (κ2) is 5.49. The van der Waals surface area contributed by atoms with Crippen molar-refractivity contribution in [3.63, 3.8) is 0 Å². The Labute approximate surface area is 117 Å². The number of pyridine rings is 1. The van der Waals surface area contributed by atoms with Gasteiger partial charge < -0.3 is 0 Å². The molecule has 2 nitrogen and oxygen atoms in total. The predicted molar refractivity (Wildman–Crippen MR) is 80.5 cm³/mol. The Morgan fingerprint density at radius 3 is 1.95 bits per heavy atom. The van der Waals surface area contributed by atoms with Crippen LogP contribution in [0.4, 0.5) is 0 Å². The van der Waals surface area contributed by atoms with Crippen LogP contribution in [0.15, 0.2) is 72.9 Å². The molecular formula is C18H13NO. The van der Waals surface area contributed by atoms with E-state index in [9.17, 15) is 4.79 Å². The molecule has 3 aromatic rings. The summed E-state index contributed by atoms with van der Waals surface area (Å²) < 4.78 is 0. The van der Waals surface area contributed by atoms with Gasteiger partial charge in [-0.15, -0.1) is 0 Å². The molecule has 2 heteroatoms. The standard InChI is InChI=1S/C18H13NO/c20-13-16-11-12-19-18(15-9-5-2-6-10-15)17(16)14-7-3-1-4-8-14/h1-13H. The first-order chi connectivity index (χ1) is 9.90. The third kappa shape index (κ3) is 2.24. The highest BCUT2D eigenvalue weighted by Crippen LogP contribution is 2.32. The van der Waals surface area contributed by atoms with Gasteiger partial charge in [0.2, 0.25) is 0 Å². The minimum atomic E-state index is 0.657. The van der Waals surface area contributed by atoms with Crippen LogP contribution in [0.3, 0.4) is 0 Å². The van der Waals surface area contributed by atoms with E-state index >= 15 is 0 Å². The highest BCUT2D eigenvalue weighted by atomic mass is 16.1. The molecule has 0 bridgehead atoms. The molecule has 0 N–H and O–H groups in total. The number of benzene rings is 2. The van der Waals surface area contributed by atoms with Crippen LogP contribution in [-0.4, -0.2) is 11.3 Å². The molecule has 0 unspecified atom stereocenters. The van der Waals surface area contributed by atoms with Crippen molar-refractivity contribution in [2.75, 3.05) is 0 Å². The second-order valence-electron chi connectivity index (χ2n) is 4.47. The zero-order valence-electron chi connectivity index (χ0n) is 10.9. The van der Waals surface area contributed by atoms with Gasteiger partial charge in [-0.25, -0.2) is 0 Å². The first kappa shape index (κ1) is 12.3. The molecule has 1 aromatic heterocycles. The smallest absolute Gasteiger partial charge is 0.150 e. The van der Waals surface area contributed by atoms with Gasteiger partial charge in [-0.05, 0) is 11.6 Å². The maximum Gasteiger partial charge on any atom is 0.150 e. The first-order valence-corrected chi connectivity index (χ1v) is 6.45. The Balaban J connectivity index is 2.29. The van der Waals surface area contributed by atoms with Crippen molar-refractivity contribution in [2.45, 2.75) is 0 Å². The van der Waals surface area contributed by atoms with E-state index in [1.54, 1.807) is 12.3 Å². The Kier molecular flexibility index (Phi) is 3.38. The van der Waals surface area contributed by atoms with Gasteiger partial charge in [-0.1, -0.05) is 60.7 Å². The quantitative estimate of drug-likeness (QED) is 0.659. The van der Waals surface area contributed by atoms with Crippen LogP contribution in [-0.2, 0) is 0 Å². The van der Waals surface area contributed by atoms with E-state index in [4.69, 9.17) is 0 Å². The topological polar surface area (TPSA) is 30.0 Å². The van der Waals surface area contributed by atoms with E-state index in [1.165, 1.54) is 0 Å². The number of aldehydes is 1. The highest BCUT2D eigenvalue weighted by molar-refractivity contribution is 5.94. The van der Waals surface area contributed by atoms with Gasteiger partial charge in [0, 0.05) is 22.9 Å². The van der Waals surface area contributed by atoms with E-state index < -0.39 is 0 Å². The Morgan fingerprint density at radius 2 is 1.35 bits per heavy atom. The highest BCUT2D eigenvalue weighted by Gasteiger charge is 2.12. The van der Waals surface area contributed by atoms with Crippen LogP contribution in [0, 0.1) is 0 Å². The molecular weight excluding hydrogens is 246 g/mol. The lowest BCUT2D eigenvalue weighted by molar-refractivity contribution is 0.112. The summed E-state index contributed by atoms with van der Waals surface area (Å²) in [5.41, 5.74) is 4.39. The molecule has 2 aromatic carbocycles. The molecule has 0 radical (unpaired) electrons. The van der Waals surface area contributed by atoms with Crippen molar-refractivity contribution in [1.29, 1.82) is 0 Å². The maximum atomic E-state index is 11.4. The summed E-state index contributed by atoms with van der Waals surface area (Å²) in [6.45, 7) is 0. The summed E-state index contributed by atoms with van der Waals surface area (Å²) in [5.74, 6) is 0. The Hall–Kier alpha value is -2.74. The number of rotatable bonds is 3. The molecule has 0 aliphatic rings. The summed E-state index contributed by atoms with van der Waals surface area (Å²) in [7, 11) is 0. The number of carbonyl (C=O) groups excluding carboxylic acids is 1. The largest absolute Gasteiger partial charge is 0.298 e. The monoisotopic (exact) mass is 259 g/mol. The summed E-state index contributed by atoms with van der Waals surface area (Å²) >= 11 is 0. The normalized spacial score (nSPS) is 10.2. The molecule has 1 heterocycles. The van der Waals surface area contributed by atoms with Crippen molar-refractivity contribution in [2.24, 2.45) is 0 Å². The summed E-state index contributed by atoms with van der Waals surface area (Å²) in [4.78, 5) is 15.8. The average Bonchev–Trinajstić information content (AvgIpc) is 2.55. The number of hydrogen-bond acceptors (Lipinski definition) is 2. The fourth-order valence-corrected chi connectivity index (χ4v) is 2.30. The number of carbonyl (C=O) groups is 1. The zero-order valence-corrected chi connectivity index (χ0v) is 10.9. The third-order valence-corrected chi connectivity index (χ3v) is 3.22. The number of hydrogen-bond donors (Lipinski definition) is 0. The molecule has 0 atom stereocenters. The van der Waals surface area contributed by atoms with Crippen molar-refractivity contribution in [3.8, 4) is 22.4 Å². The lowest BCUT2D eigenvalue weighted by Crippen LogP contribution is -1.94. The lowest BCUT2D eigenvalue weighted by atomic mass is 9.95. The molecule has 0 spiro atoms. The maximum absolute atomic E-state index is 11.4. The Bertz CT molecular complexity index is 721. The lowest BCUT2D eigenvalue weighted by Gasteiger charge is -2.11. The van der Waals surface area contributed by atoms with Crippen LogP contribution in [0.25, 0.3) is 22.4 Å². The van der Waals surface area contributed by atoms with Crippen molar-refractivity contribution in [3.05, 3.63) is 78.5 Å². The van der Waals surface area contributed by atoms with Crippen molar-refractivity contribution in [1.82, 2.24) is 4.98 Å². The molecule has 0 fully saturated rings. The first-order valence-electron chi connectivity index (χ1n) is 6.45. The molecule has 3 rings (SSSR count). The van der Waals surface area contributed by atoms with Gasteiger partial charge in [0.1, 0.15) is 0 Å². The van der Waals surface area contributed by atoms with Crippen molar-refractivity contribution < 1.29 is 4.79 Å². The predicted octanol–water partition coefficient (Wildman–Crippen LogP) is 4.23. The van der Waals surface area contributed by atoms with Gasteiger partial charge in [-0.3, -0.25) is 9.78 Å². The molecule has 0 aliphatic carbocycles. The minimum absolute atomic E-state index is 0.657. The molecule has 0 aliphatic heterocycles.